The van der Waals surface area contributed by atoms with Gasteiger partial charge in [0.2, 0.25) is 0 Å². The topological polar surface area (TPSA) is 18.5 Å². The van der Waals surface area contributed by atoms with Crippen molar-refractivity contribution in [3.8, 4) is 10.4 Å². The molecule has 2 fully saturated rings. The lowest BCUT2D eigenvalue weighted by Gasteiger charge is -2.32. The van der Waals surface area contributed by atoms with Gasteiger partial charge in [-0.1, -0.05) is 30.3 Å². The van der Waals surface area contributed by atoms with Crippen LogP contribution in [0.3, 0.4) is 0 Å². The van der Waals surface area contributed by atoms with Crippen molar-refractivity contribution in [1.29, 1.82) is 0 Å². The minimum atomic E-state index is 0. The first kappa shape index (κ1) is 17.9. The van der Waals surface area contributed by atoms with Gasteiger partial charge < -0.3 is 5.32 Å². The molecular weight excluding hydrogens is 338 g/mol. The lowest BCUT2D eigenvalue weighted by Crippen LogP contribution is -2.49. The molecule has 0 saturated carbocycles. The van der Waals surface area contributed by atoms with Crippen LogP contribution in [0.5, 0.6) is 0 Å². The van der Waals surface area contributed by atoms with Crippen LogP contribution in [0.4, 0.5) is 0 Å². The summed E-state index contributed by atoms with van der Waals surface area (Å²) in [5, 5.41) is 3.45. The van der Waals surface area contributed by atoms with E-state index in [1.165, 1.54) is 47.9 Å². The first-order valence-corrected chi connectivity index (χ1v) is 9.51. The quantitative estimate of drug-likeness (QED) is 0.899. The Morgan fingerprint density at radius 1 is 1.00 bits per heavy atom. The van der Waals surface area contributed by atoms with Gasteiger partial charge in [-0.2, -0.15) is 0 Å². The molecule has 2 aliphatic rings. The van der Waals surface area contributed by atoms with Crippen molar-refractivity contribution in [3.05, 3.63) is 47.3 Å². The van der Waals surface area contributed by atoms with E-state index < -0.39 is 0 Å². The highest BCUT2D eigenvalue weighted by molar-refractivity contribution is 7.15. The molecule has 0 amide bonds. The number of thiophene rings is 1. The molecule has 0 spiro atoms. The minimum Gasteiger partial charge on any atom is -0.314 e. The standard InChI is InChI=1S/C19H25N3S.ClH/c1-2-4-16(5-3-1)19-7-6-18(23-19)15-21-11-8-17(14-21)22-12-9-20-10-13-22;/h1-7,17,20H,8-15H2;1H. The van der Waals surface area contributed by atoms with Crippen LogP contribution in [0.2, 0.25) is 0 Å². The van der Waals surface area contributed by atoms with Crippen molar-refractivity contribution in [2.24, 2.45) is 0 Å². The summed E-state index contributed by atoms with van der Waals surface area (Å²) >= 11 is 1.94. The Labute approximate surface area is 155 Å². The average molecular weight is 364 g/mol. The van der Waals surface area contributed by atoms with Gasteiger partial charge in [-0.15, -0.1) is 23.7 Å². The number of likely N-dealkylation sites (tertiary alicyclic amines) is 1. The van der Waals surface area contributed by atoms with E-state index in [2.05, 4.69) is 57.6 Å². The smallest absolute Gasteiger partial charge is 0.0346 e. The van der Waals surface area contributed by atoms with Crippen LogP contribution >= 0.6 is 23.7 Å². The predicted octanol–water partition coefficient (Wildman–Crippen LogP) is 3.32. The molecular formula is C19H26ClN3S. The second-order valence-electron chi connectivity index (χ2n) is 6.60. The molecule has 0 radical (unpaired) electrons. The highest BCUT2D eigenvalue weighted by Crippen LogP contribution is 2.29. The van der Waals surface area contributed by atoms with Crippen molar-refractivity contribution in [1.82, 2.24) is 15.1 Å². The van der Waals surface area contributed by atoms with E-state index in [0.717, 1.165) is 25.7 Å². The number of piperazine rings is 1. The van der Waals surface area contributed by atoms with E-state index in [-0.39, 0.29) is 12.4 Å². The van der Waals surface area contributed by atoms with Crippen molar-refractivity contribution in [3.63, 3.8) is 0 Å². The number of hydrogen-bond acceptors (Lipinski definition) is 4. The second-order valence-corrected chi connectivity index (χ2v) is 7.76. The summed E-state index contributed by atoms with van der Waals surface area (Å²) in [7, 11) is 0. The van der Waals surface area contributed by atoms with Gasteiger partial charge in [-0.3, -0.25) is 9.80 Å². The maximum Gasteiger partial charge on any atom is 0.0346 e. The zero-order valence-corrected chi connectivity index (χ0v) is 15.6. The molecule has 0 aliphatic carbocycles. The zero-order chi connectivity index (χ0) is 15.5. The number of halogens is 1. The molecule has 1 atom stereocenters. The van der Waals surface area contributed by atoms with Crippen LogP contribution in [0.25, 0.3) is 10.4 Å². The molecule has 3 heterocycles. The maximum absolute atomic E-state index is 3.45. The molecule has 1 aromatic carbocycles. The van der Waals surface area contributed by atoms with E-state index in [1.807, 2.05) is 11.3 Å². The third-order valence-corrected chi connectivity index (χ3v) is 6.13. The molecule has 1 unspecified atom stereocenters. The fraction of sp³-hybridized carbons (Fsp3) is 0.474. The van der Waals surface area contributed by atoms with Gasteiger partial charge in [0.25, 0.3) is 0 Å². The van der Waals surface area contributed by atoms with Gasteiger partial charge in [-0.25, -0.2) is 0 Å². The van der Waals surface area contributed by atoms with Crippen molar-refractivity contribution in [2.45, 2.75) is 19.0 Å². The molecule has 2 aromatic rings. The first-order valence-electron chi connectivity index (χ1n) is 8.70. The van der Waals surface area contributed by atoms with E-state index in [9.17, 15) is 0 Å². The summed E-state index contributed by atoms with van der Waals surface area (Å²) in [6, 6.07) is 16.1. The summed E-state index contributed by atoms with van der Waals surface area (Å²) in [4.78, 5) is 8.19. The molecule has 24 heavy (non-hydrogen) atoms. The fourth-order valence-corrected chi connectivity index (χ4v) is 4.80. The fourth-order valence-electron chi connectivity index (χ4n) is 3.74. The minimum absolute atomic E-state index is 0. The monoisotopic (exact) mass is 363 g/mol. The van der Waals surface area contributed by atoms with Crippen LogP contribution < -0.4 is 5.32 Å². The predicted molar refractivity (Wildman–Crippen MR) is 105 cm³/mol. The van der Waals surface area contributed by atoms with Crippen molar-refractivity contribution in [2.75, 3.05) is 39.3 Å². The van der Waals surface area contributed by atoms with Gasteiger partial charge in [0.15, 0.2) is 0 Å². The van der Waals surface area contributed by atoms with E-state index in [1.54, 1.807) is 0 Å². The van der Waals surface area contributed by atoms with Crippen LogP contribution in [0.15, 0.2) is 42.5 Å². The Morgan fingerprint density at radius 3 is 2.58 bits per heavy atom. The first-order chi connectivity index (χ1) is 11.4. The van der Waals surface area contributed by atoms with E-state index in [4.69, 9.17) is 0 Å². The summed E-state index contributed by atoms with van der Waals surface area (Å²) < 4.78 is 0. The molecule has 130 valence electrons. The third-order valence-electron chi connectivity index (χ3n) is 5.01. The maximum atomic E-state index is 3.45. The number of rotatable bonds is 4. The van der Waals surface area contributed by atoms with Crippen molar-refractivity contribution < 1.29 is 0 Å². The Hall–Kier alpha value is -0.910. The highest BCUT2D eigenvalue weighted by Gasteiger charge is 2.28. The van der Waals surface area contributed by atoms with E-state index >= 15 is 0 Å². The number of hydrogen-bond donors (Lipinski definition) is 1. The number of nitrogens with zero attached hydrogens (tertiary/aromatic N) is 2. The summed E-state index contributed by atoms with van der Waals surface area (Å²) in [5.74, 6) is 0. The van der Waals surface area contributed by atoms with Crippen LogP contribution in [-0.2, 0) is 6.54 Å². The molecule has 4 rings (SSSR count). The zero-order valence-electron chi connectivity index (χ0n) is 14.0. The third kappa shape index (κ3) is 4.19. The average Bonchev–Trinajstić information content (AvgIpc) is 3.27. The number of nitrogens with one attached hydrogen (secondary N) is 1. The molecule has 1 N–H and O–H groups in total. The molecule has 0 bridgehead atoms. The molecule has 2 saturated heterocycles. The summed E-state index contributed by atoms with van der Waals surface area (Å²) in [6.07, 6.45) is 1.33. The highest BCUT2D eigenvalue weighted by atomic mass is 35.5. The Balaban J connectivity index is 0.00000169. The van der Waals surface area contributed by atoms with Gasteiger partial charge in [0, 0.05) is 61.6 Å². The van der Waals surface area contributed by atoms with Gasteiger partial charge in [-0.05, 0) is 24.1 Å². The van der Waals surface area contributed by atoms with Crippen molar-refractivity contribution >= 4 is 23.7 Å². The normalized spacial score (nSPS) is 22.4. The molecule has 5 heteroatoms. The van der Waals surface area contributed by atoms with Gasteiger partial charge in [0.05, 0.1) is 0 Å². The van der Waals surface area contributed by atoms with Crippen LogP contribution in [-0.4, -0.2) is 55.1 Å². The second kappa shape index (κ2) is 8.45. The van der Waals surface area contributed by atoms with Crippen LogP contribution in [0, 0.1) is 0 Å². The molecule has 1 aromatic heterocycles. The molecule has 2 aliphatic heterocycles. The summed E-state index contributed by atoms with van der Waals surface area (Å²) in [6.45, 7) is 8.33. The van der Waals surface area contributed by atoms with E-state index in [0.29, 0.717) is 0 Å². The lowest BCUT2D eigenvalue weighted by molar-refractivity contribution is 0.170. The summed E-state index contributed by atoms with van der Waals surface area (Å²) in [5.41, 5.74) is 1.34. The number of benzene rings is 1. The largest absolute Gasteiger partial charge is 0.314 e. The Bertz CT molecular complexity index is 625. The molecule has 3 nitrogen and oxygen atoms in total. The Morgan fingerprint density at radius 2 is 1.79 bits per heavy atom. The Kier molecular flexibility index (Phi) is 6.31. The SMILES string of the molecule is Cl.c1ccc(-c2ccc(CN3CCC(N4CCNCC4)C3)s2)cc1. The van der Waals surface area contributed by atoms with Gasteiger partial charge in [0.1, 0.15) is 0 Å². The van der Waals surface area contributed by atoms with Crippen LogP contribution in [0.1, 0.15) is 11.3 Å². The lowest BCUT2D eigenvalue weighted by atomic mass is 10.2. The van der Waals surface area contributed by atoms with Gasteiger partial charge >= 0.3 is 0 Å².